The van der Waals surface area contributed by atoms with Crippen molar-refractivity contribution in [2.45, 2.75) is 6.92 Å². The van der Waals surface area contributed by atoms with Crippen LogP contribution in [0.2, 0.25) is 0 Å². The minimum absolute atomic E-state index is 0.134. The second-order valence-corrected chi connectivity index (χ2v) is 7.44. The third-order valence-corrected chi connectivity index (χ3v) is 4.89. The first-order chi connectivity index (χ1) is 14.7. The molecule has 0 aliphatic carbocycles. The third kappa shape index (κ3) is 4.75. The lowest BCUT2D eigenvalue weighted by Crippen LogP contribution is -2.25. The number of rotatable bonds is 7. The highest BCUT2D eigenvalue weighted by atomic mass is 16.5. The van der Waals surface area contributed by atoms with Crippen molar-refractivity contribution in [3.8, 4) is 11.5 Å². The molecule has 162 valence electrons. The molecule has 1 N–H and O–H groups in total. The fraction of sp³-hybridized carbons (Fsp3) is 0.261. The molecular weight excluding hydrogens is 400 g/mol. The van der Waals surface area contributed by atoms with Gasteiger partial charge in [-0.05, 0) is 51.4 Å². The molecule has 2 aromatic heterocycles. The van der Waals surface area contributed by atoms with E-state index in [1.807, 2.05) is 19.0 Å². The Morgan fingerprint density at radius 1 is 1.26 bits per heavy atom. The molecule has 0 aliphatic heterocycles. The Labute approximate surface area is 178 Å². The van der Waals surface area contributed by atoms with Gasteiger partial charge < -0.3 is 23.7 Å². The molecule has 8 nitrogen and oxygen atoms in total. The van der Waals surface area contributed by atoms with Crippen molar-refractivity contribution in [3.05, 3.63) is 74.0 Å². The fourth-order valence-electron chi connectivity index (χ4n) is 2.96. The lowest BCUT2D eigenvalue weighted by Gasteiger charge is -2.11. The third-order valence-electron chi connectivity index (χ3n) is 4.89. The van der Waals surface area contributed by atoms with E-state index >= 15 is 0 Å². The smallest absolute Gasteiger partial charge is 0.265 e. The van der Waals surface area contributed by atoms with E-state index in [1.54, 1.807) is 25.1 Å². The number of aryl methyl sites for hydroxylation is 1. The van der Waals surface area contributed by atoms with Crippen LogP contribution < -0.4 is 15.7 Å². The van der Waals surface area contributed by atoms with E-state index in [9.17, 15) is 19.5 Å². The molecular formula is C23H24N2O6. The maximum Gasteiger partial charge on any atom is 0.265 e. The number of aromatic nitrogens is 1. The Balaban J connectivity index is 1.91. The van der Waals surface area contributed by atoms with Crippen molar-refractivity contribution in [2.75, 3.05) is 27.2 Å². The van der Waals surface area contributed by atoms with Crippen LogP contribution in [0.3, 0.4) is 0 Å². The summed E-state index contributed by atoms with van der Waals surface area (Å²) in [5.74, 6) is -0.578. The van der Waals surface area contributed by atoms with Gasteiger partial charge in [-0.1, -0.05) is 0 Å². The summed E-state index contributed by atoms with van der Waals surface area (Å²) in [6.07, 6.45) is 3.58. The maximum absolute atomic E-state index is 12.8. The van der Waals surface area contributed by atoms with Crippen molar-refractivity contribution in [3.63, 3.8) is 0 Å². The number of allylic oxidation sites excluding steroid dienone is 1. The first-order valence-electron chi connectivity index (χ1n) is 9.64. The molecule has 0 aliphatic rings. The lowest BCUT2D eigenvalue weighted by molar-refractivity contribution is 0.104. The first kappa shape index (κ1) is 22.0. The molecule has 3 rings (SSSR count). The van der Waals surface area contributed by atoms with Crippen LogP contribution in [0.25, 0.3) is 17.0 Å². The van der Waals surface area contributed by atoms with Gasteiger partial charge >= 0.3 is 0 Å². The minimum Gasteiger partial charge on any atom is -0.507 e. The number of ether oxygens (including phenoxy) is 1. The van der Waals surface area contributed by atoms with Gasteiger partial charge in [0.15, 0.2) is 11.2 Å². The minimum atomic E-state index is -0.710. The average Bonchev–Trinajstić information content (AvgIpc) is 2.71. The zero-order chi connectivity index (χ0) is 22.7. The number of pyridine rings is 1. The zero-order valence-electron chi connectivity index (χ0n) is 17.8. The van der Waals surface area contributed by atoms with E-state index in [0.717, 1.165) is 12.6 Å². The number of ketones is 1. The summed E-state index contributed by atoms with van der Waals surface area (Å²) >= 11 is 0. The molecule has 8 heteroatoms. The summed E-state index contributed by atoms with van der Waals surface area (Å²) in [5.41, 5.74) is -0.275. The van der Waals surface area contributed by atoms with Gasteiger partial charge in [-0.15, -0.1) is 0 Å². The quantitative estimate of drug-likeness (QED) is 0.459. The first-order valence-corrected chi connectivity index (χ1v) is 9.64. The van der Waals surface area contributed by atoms with Gasteiger partial charge in [0.1, 0.15) is 35.5 Å². The molecule has 0 saturated heterocycles. The maximum atomic E-state index is 12.8. The van der Waals surface area contributed by atoms with Crippen LogP contribution >= 0.6 is 0 Å². The number of benzene rings is 1. The van der Waals surface area contributed by atoms with Crippen molar-refractivity contribution in [1.82, 2.24) is 9.47 Å². The monoisotopic (exact) mass is 424 g/mol. The SMILES string of the molecule is Cc1cc(O)c(C(=O)/C=C/c2coc3ccc(OCCN(C)C)cc3c2=O)c(=O)n1C. The summed E-state index contributed by atoms with van der Waals surface area (Å²) in [6, 6.07) is 6.30. The molecule has 0 amide bonds. The van der Waals surface area contributed by atoms with Gasteiger partial charge in [-0.25, -0.2) is 0 Å². The summed E-state index contributed by atoms with van der Waals surface area (Å²) in [6.45, 7) is 2.83. The van der Waals surface area contributed by atoms with Gasteiger partial charge in [0.25, 0.3) is 5.56 Å². The van der Waals surface area contributed by atoms with Gasteiger partial charge in [-0.3, -0.25) is 14.4 Å². The Hall–Kier alpha value is -3.65. The molecule has 2 heterocycles. The van der Waals surface area contributed by atoms with Crippen LogP contribution in [-0.4, -0.2) is 47.6 Å². The summed E-state index contributed by atoms with van der Waals surface area (Å²) < 4.78 is 12.4. The van der Waals surface area contributed by atoms with E-state index in [-0.39, 0.29) is 16.6 Å². The van der Waals surface area contributed by atoms with Gasteiger partial charge in [0.2, 0.25) is 0 Å². The highest BCUT2D eigenvalue weighted by Crippen LogP contribution is 2.20. The molecule has 0 saturated carbocycles. The second kappa shape index (κ2) is 9.01. The van der Waals surface area contributed by atoms with Crippen molar-refractivity contribution in [2.24, 2.45) is 7.05 Å². The molecule has 0 radical (unpaired) electrons. The van der Waals surface area contributed by atoms with Gasteiger partial charge in [0.05, 0.1) is 10.9 Å². The number of carbonyl (C=O) groups is 1. The van der Waals surface area contributed by atoms with Crippen LogP contribution in [0.15, 0.2) is 50.6 Å². The highest BCUT2D eigenvalue weighted by Gasteiger charge is 2.16. The fourth-order valence-corrected chi connectivity index (χ4v) is 2.96. The Morgan fingerprint density at radius 3 is 2.71 bits per heavy atom. The van der Waals surface area contributed by atoms with Crippen molar-refractivity contribution >= 4 is 22.8 Å². The Bertz CT molecular complexity index is 1280. The normalized spacial score (nSPS) is 11.5. The van der Waals surface area contributed by atoms with Crippen LogP contribution in [0.1, 0.15) is 21.6 Å². The summed E-state index contributed by atoms with van der Waals surface area (Å²) in [4.78, 5) is 39.7. The standard InChI is InChI=1S/C23H24N2O6/c1-14-11-19(27)21(23(29)25(14)4)18(26)7-5-15-13-31-20-8-6-16(12-17(20)22(15)28)30-10-9-24(2)3/h5-8,11-13,27H,9-10H2,1-4H3/b7-5+. The van der Waals surface area contributed by atoms with Crippen LogP contribution in [0.4, 0.5) is 0 Å². The van der Waals surface area contributed by atoms with Crippen LogP contribution in [-0.2, 0) is 7.05 Å². The molecule has 0 atom stereocenters. The lowest BCUT2D eigenvalue weighted by atomic mass is 10.1. The number of hydrogen-bond donors (Lipinski definition) is 1. The number of hydrogen-bond acceptors (Lipinski definition) is 7. The topological polar surface area (TPSA) is 102 Å². The van der Waals surface area contributed by atoms with Crippen LogP contribution in [0.5, 0.6) is 11.5 Å². The Morgan fingerprint density at radius 2 is 2.00 bits per heavy atom. The highest BCUT2D eigenvalue weighted by molar-refractivity contribution is 6.08. The average molecular weight is 424 g/mol. The number of fused-ring (bicyclic) bond motifs is 1. The predicted octanol–water partition coefficient (Wildman–Crippen LogP) is 2.34. The van der Waals surface area contributed by atoms with E-state index in [1.165, 1.54) is 30.0 Å². The van der Waals surface area contributed by atoms with Gasteiger partial charge in [-0.2, -0.15) is 0 Å². The number of likely N-dealkylation sites (N-methyl/N-ethyl adjacent to an activating group) is 1. The van der Waals surface area contributed by atoms with E-state index in [0.29, 0.717) is 29.0 Å². The van der Waals surface area contributed by atoms with Crippen LogP contribution in [0, 0.1) is 6.92 Å². The van der Waals surface area contributed by atoms with Gasteiger partial charge in [0, 0.05) is 25.4 Å². The number of carbonyl (C=O) groups excluding carboxylic acids is 1. The molecule has 3 aromatic rings. The molecule has 0 fully saturated rings. The summed E-state index contributed by atoms with van der Waals surface area (Å²) in [5, 5.41) is 10.3. The molecule has 1 aromatic carbocycles. The predicted molar refractivity (Wildman–Crippen MR) is 118 cm³/mol. The molecule has 0 unspecified atom stereocenters. The van der Waals surface area contributed by atoms with E-state index in [4.69, 9.17) is 9.15 Å². The molecule has 0 spiro atoms. The molecule has 31 heavy (non-hydrogen) atoms. The van der Waals surface area contributed by atoms with E-state index < -0.39 is 17.1 Å². The Kier molecular flexibility index (Phi) is 6.41. The van der Waals surface area contributed by atoms with Crippen molar-refractivity contribution in [1.29, 1.82) is 0 Å². The summed E-state index contributed by atoms with van der Waals surface area (Å²) in [7, 11) is 5.38. The second-order valence-electron chi connectivity index (χ2n) is 7.44. The van der Waals surface area contributed by atoms with Crippen molar-refractivity contribution < 1.29 is 19.1 Å². The number of aromatic hydroxyl groups is 1. The van der Waals surface area contributed by atoms with E-state index in [2.05, 4.69) is 0 Å². The molecule has 0 bridgehead atoms. The zero-order valence-corrected chi connectivity index (χ0v) is 17.8. The number of nitrogens with zero attached hydrogens (tertiary/aromatic N) is 2. The largest absolute Gasteiger partial charge is 0.507 e.